The van der Waals surface area contributed by atoms with Gasteiger partial charge < -0.3 is 9.80 Å². The number of nitrogens with zero attached hydrogens (tertiary/aromatic N) is 3. The van der Waals surface area contributed by atoms with Crippen LogP contribution in [0.2, 0.25) is 0 Å². The number of hydrogen-bond acceptors (Lipinski definition) is 4. The summed E-state index contributed by atoms with van der Waals surface area (Å²) >= 11 is 0. The Bertz CT molecular complexity index is 205. The lowest BCUT2D eigenvalue weighted by Crippen LogP contribution is -2.55. The molecule has 1 N–H and O–H groups in total. The van der Waals surface area contributed by atoms with Gasteiger partial charge >= 0.3 is 0 Å². The van der Waals surface area contributed by atoms with E-state index >= 15 is 0 Å². The third-order valence-corrected chi connectivity index (χ3v) is 4.00. The zero-order valence-corrected chi connectivity index (χ0v) is 11.5. The van der Waals surface area contributed by atoms with E-state index in [0.29, 0.717) is 6.04 Å². The molecule has 0 unspecified atom stereocenters. The highest BCUT2D eigenvalue weighted by molar-refractivity contribution is 4.77. The van der Waals surface area contributed by atoms with Crippen LogP contribution >= 0.6 is 0 Å². The van der Waals surface area contributed by atoms with E-state index in [4.69, 9.17) is 0 Å². The molecule has 0 bridgehead atoms. The Morgan fingerprint density at radius 1 is 1.00 bits per heavy atom. The summed E-state index contributed by atoms with van der Waals surface area (Å²) in [4.78, 5) is 5.00. The lowest BCUT2D eigenvalue weighted by molar-refractivity contribution is 0.0668. The van der Waals surface area contributed by atoms with Gasteiger partial charge in [-0.3, -0.25) is 5.43 Å². The van der Waals surface area contributed by atoms with Crippen molar-refractivity contribution in [2.24, 2.45) is 0 Å². The molecular weight excluding hydrogens is 212 g/mol. The number of likely N-dealkylation sites (tertiary alicyclic amines) is 1. The summed E-state index contributed by atoms with van der Waals surface area (Å²) in [5, 5.41) is 2.43. The zero-order chi connectivity index (χ0) is 12.1. The van der Waals surface area contributed by atoms with Gasteiger partial charge in [-0.1, -0.05) is 6.92 Å². The molecule has 2 aliphatic rings. The molecule has 4 nitrogen and oxygen atoms in total. The van der Waals surface area contributed by atoms with Crippen LogP contribution in [0.5, 0.6) is 0 Å². The van der Waals surface area contributed by atoms with Crippen molar-refractivity contribution in [2.45, 2.75) is 32.2 Å². The molecule has 0 spiro atoms. The van der Waals surface area contributed by atoms with Crippen molar-refractivity contribution in [1.29, 1.82) is 0 Å². The fourth-order valence-corrected chi connectivity index (χ4v) is 2.80. The summed E-state index contributed by atoms with van der Waals surface area (Å²) in [5.74, 6) is 0. The van der Waals surface area contributed by atoms with Gasteiger partial charge in [-0.05, 0) is 45.9 Å². The minimum atomic E-state index is 0.714. The maximum atomic E-state index is 3.72. The Kier molecular flexibility index (Phi) is 5.22. The molecule has 0 radical (unpaired) electrons. The number of likely N-dealkylation sites (N-methyl/N-ethyl adjacent to an activating group) is 1. The molecule has 4 heteroatoms. The van der Waals surface area contributed by atoms with Crippen molar-refractivity contribution in [2.75, 3.05) is 52.9 Å². The highest BCUT2D eigenvalue weighted by atomic mass is 15.5. The lowest BCUT2D eigenvalue weighted by Gasteiger charge is -2.38. The summed E-state index contributed by atoms with van der Waals surface area (Å²) < 4.78 is 0. The van der Waals surface area contributed by atoms with Crippen LogP contribution in [-0.4, -0.2) is 73.7 Å². The van der Waals surface area contributed by atoms with Crippen LogP contribution in [-0.2, 0) is 0 Å². The number of nitrogens with one attached hydrogen (secondary N) is 1. The van der Waals surface area contributed by atoms with Gasteiger partial charge in [0.2, 0.25) is 0 Å². The van der Waals surface area contributed by atoms with E-state index in [2.05, 4.69) is 34.2 Å². The van der Waals surface area contributed by atoms with Crippen LogP contribution in [0, 0.1) is 0 Å². The fourth-order valence-electron chi connectivity index (χ4n) is 2.80. The van der Waals surface area contributed by atoms with Gasteiger partial charge in [0.25, 0.3) is 0 Å². The van der Waals surface area contributed by atoms with E-state index in [1.165, 1.54) is 65.1 Å². The quantitative estimate of drug-likeness (QED) is 0.777. The summed E-state index contributed by atoms with van der Waals surface area (Å²) in [6.45, 7) is 10.8. The predicted molar refractivity (Wildman–Crippen MR) is 72.0 cm³/mol. The number of piperazine rings is 1. The van der Waals surface area contributed by atoms with E-state index in [-0.39, 0.29) is 0 Å². The molecule has 0 aromatic rings. The smallest absolute Gasteiger partial charge is 0.0259 e. The van der Waals surface area contributed by atoms with Crippen molar-refractivity contribution in [3.05, 3.63) is 0 Å². The molecular formula is C13H28N4. The molecule has 2 fully saturated rings. The Labute approximate surface area is 106 Å². The molecule has 0 aliphatic carbocycles. The summed E-state index contributed by atoms with van der Waals surface area (Å²) in [5.41, 5.74) is 3.72. The van der Waals surface area contributed by atoms with Crippen LogP contribution in [0.4, 0.5) is 0 Å². The zero-order valence-electron chi connectivity index (χ0n) is 11.5. The molecule has 0 atom stereocenters. The van der Waals surface area contributed by atoms with Gasteiger partial charge in [-0.2, -0.15) is 0 Å². The maximum absolute atomic E-state index is 3.72. The van der Waals surface area contributed by atoms with Crippen LogP contribution in [0.25, 0.3) is 0 Å². The molecule has 100 valence electrons. The number of piperidine rings is 1. The van der Waals surface area contributed by atoms with Gasteiger partial charge in [0.1, 0.15) is 0 Å². The number of hydrazine groups is 1. The van der Waals surface area contributed by atoms with Gasteiger partial charge in [0.05, 0.1) is 0 Å². The Morgan fingerprint density at radius 2 is 1.65 bits per heavy atom. The largest absolute Gasteiger partial charge is 0.304 e. The molecule has 17 heavy (non-hydrogen) atoms. The van der Waals surface area contributed by atoms with Crippen LogP contribution in [0.1, 0.15) is 26.2 Å². The number of hydrogen-bond donors (Lipinski definition) is 1. The first-order valence-electron chi connectivity index (χ1n) is 7.20. The van der Waals surface area contributed by atoms with Gasteiger partial charge in [-0.25, -0.2) is 5.01 Å². The molecule has 0 amide bonds. The van der Waals surface area contributed by atoms with E-state index in [9.17, 15) is 0 Å². The third-order valence-electron chi connectivity index (χ3n) is 4.00. The molecule has 2 aliphatic heterocycles. The van der Waals surface area contributed by atoms with E-state index in [1.807, 2.05) is 0 Å². The molecule has 0 aromatic carbocycles. The van der Waals surface area contributed by atoms with Gasteiger partial charge in [-0.15, -0.1) is 0 Å². The van der Waals surface area contributed by atoms with Crippen LogP contribution < -0.4 is 5.43 Å². The minimum Gasteiger partial charge on any atom is -0.304 e. The monoisotopic (exact) mass is 240 g/mol. The fraction of sp³-hybridized carbons (Fsp3) is 1.00. The van der Waals surface area contributed by atoms with E-state index in [1.54, 1.807) is 0 Å². The van der Waals surface area contributed by atoms with Crippen molar-refractivity contribution in [3.63, 3.8) is 0 Å². The SMILES string of the molecule is CCCN1CCC(NN2CCN(C)CC2)CC1. The minimum absolute atomic E-state index is 0.714. The van der Waals surface area contributed by atoms with Crippen LogP contribution in [0.15, 0.2) is 0 Å². The highest BCUT2D eigenvalue weighted by Crippen LogP contribution is 2.11. The molecule has 2 rings (SSSR count). The second-order valence-electron chi connectivity index (χ2n) is 5.54. The summed E-state index contributed by atoms with van der Waals surface area (Å²) in [6.07, 6.45) is 3.91. The van der Waals surface area contributed by atoms with Crippen LogP contribution in [0.3, 0.4) is 0 Å². The number of rotatable bonds is 4. The average molecular weight is 240 g/mol. The standard InChI is InChI=1S/C13H28N4/c1-3-6-16-7-4-13(5-8-16)14-17-11-9-15(2)10-12-17/h13-14H,3-12H2,1-2H3. The summed E-state index contributed by atoms with van der Waals surface area (Å²) in [6, 6.07) is 0.714. The topological polar surface area (TPSA) is 21.8 Å². The van der Waals surface area contributed by atoms with Crippen molar-refractivity contribution in [3.8, 4) is 0 Å². The molecule has 2 saturated heterocycles. The second-order valence-corrected chi connectivity index (χ2v) is 5.54. The van der Waals surface area contributed by atoms with Crippen molar-refractivity contribution < 1.29 is 0 Å². The molecule has 0 saturated carbocycles. The summed E-state index contributed by atoms with van der Waals surface area (Å²) in [7, 11) is 2.21. The van der Waals surface area contributed by atoms with E-state index < -0.39 is 0 Å². The van der Waals surface area contributed by atoms with Crippen molar-refractivity contribution in [1.82, 2.24) is 20.2 Å². The Hall–Kier alpha value is -0.160. The first-order valence-corrected chi connectivity index (χ1v) is 7.20. The Balaban J connectivity index is 1.64. The van der Waals surface area contributed by atoms with Gasteiger partial charge in [0.15, 0.2) is 0 Å². The Morgan fingerprint density at radius 3 is 2.24 bits per heavy atom. The normalized spacial score (nSPS) is 26.5. The predicted octanol–water partition coefficient (Wildman–Crippen LogP) is 0.613. The average Bonchev–Trinajstić information content (AvgIpc) is 2.35. The molecule has 2 heterocycles. The third kappa shape index (κ3) is 4.21. The first kappa shape index (κ1) is 13.3. The van der Waals surface area contributed by atoms with Gasteiger partial charge in [0, 0.05) is 32.2 Å². The lowest BCUT2D eigenvalue weighted by atomic mass is 10.1. The highest BCUT2D eigenvalue weighted by Gasteiger charge is 2.21. The van der Waals surface area contributed by atoms with Crippen molar-refractivity contribution >= 4 is 0 Å². The molecule has 0 aromatic heterocycles. The first-order chi connectivity index (χ1) is 8.28. The van der Waals surface area contributed by atoms with E-state index in [0.717, 1.165) is 0 Å². The second kappa shape index (κ2) is 6.69. The maximum Gasteiger partial charge on any atom is 0.0259 e.